The molecule has 0 saturated carbocycles. The van der Waals surface area contributed by atoms with E-state index in [0.29, 0.717) is 0 Å². The lowest BCUT2D eigenvalue weighted by atomic mass is 9.94. The van der Waals surface area contributed by atoms with Crippen LogP contribution < -0.4 is 5.32 Å². The average molecular weight is 181 g/mol. The Morgan fingerprint density at radius 1 is 1.46 bits per heavy atom. The zero-order valence-corrected chi connectivity index (χ0v) is 8.76. The normalized spacial score (nSPS) is 22.8. The van der Waals surface area contributed by atoms with E-state index in [9.17, 15) is 4.79 Å². The summed E-state index contributed by atoms with van der Waals surface area (Å²) in [6.07, 6.45) is 7.68. The van der Waals surface area contributed by atoms with Gasteiger partial charge in [0.15, 0.2) is 0 Å². The van der Waals surface area contributed by atoms with Gasteiger partial charge in [-0.15, -0.1) is 0 Å². The number of amides is 1. The van der Waals surface area contributed by atoms with Crippen LogP contribution in [0.25, 0.3) is 0 Å². The fourth-order valence-electron chi connectivity index (χ4n) is 1.32. The molecular formula is C11H19NO. The zero-order valence-electron chi connectivity index (χ0n) is 8.76. The molecule has 1 aliphatic rings. The van der Waals surface area contributed by atoms with Gasteiger partial charge in [0.05, 0.1) is 0 Å². The molecule has 1 atom stereocenters. The molecular weight excluding hydrogens is 162 g/mol. The highest BCUT2D eigenvalue weighted by atomic mass is 16.2. The summed E-state index contributed by atoms with van der Waals surface area (Å²) in [5, 5.41) is 3.03. The van der Waals surface area contributed by atoms with E-state index in [1.807, 2.05) is 20.8 Å². The first kappa shape index (κ1) is 10.3. The summed E-state index contributed by atoms with van der Waals surface area (Å²) in [6.45, 7) is 5.82. The Morgan fingerprint density at radius 3 is 2.62 bits per heavy atom. The molecule has 2 heteroatoms. The highest BCUT2D eigenvalue weighted by molar-refractivity contribution is 5.81. The molecule has 0 aliphatic heterocycles. The second-order valence-electron chi connectivity index (χ2n) is 4.69. The predicted molar refractivity (Wildman–Crippen MR) is 54.4 cm³/mol. The van der Waals surface area contributed by atoms with Gasteiger partial charge < -0.3 is 5.32 Å². The van der Waals surface area contributed by atoms with Gasteiger partial charge in [-0.2, -0.15) is 0 Å². The highest BCUT2D eigenvalue weighted by Gasteiger charge is 2.23. The third kappa shape index (κ3) is 3.21. The summed E-state index contributed by atoms with van der Waals surface area (Å²) in [4.78, 5) is 11.6. The minimum absolute atomic E-state index is 0.143. The maximum atomic E-state index is 11.6. The average Bonchev–Trinajstić information content (AvgIpc) is 2.04. The van der Waals surface area contributed by atoms with Crippen molar-refractivity contribution in [1.82, 2.24) is 5.32 Å². The summed E-state index contributed by atoms with van der Waals surface area (Å²) in [7, 11) is 0. The van der Waals surface area contributed by atoms with E-state index >= 15 is 0 Å². The Morgan fingerprint density at radius 2 is 2.15 bits per heavy atom. The van der Waals surface area contributed by atoms with Crippen molar-refractivity contribution in [3.8, 4) is 0 Å². The molecule has 1 unspecified atom stereocenters. The molecule has 1 aliphatic carbocycles. The van der Waals surface area contributed by atoms with Crippen LogP contribution in [0.4, 0.5) is 0 Å². The lowest BCUT2D eigenvalue weighted by Gasteiger charge is -2.23. The third-order valence-electron chi connectivity index (χ3n) is 2.25. The lowest BCUT2D eigenvalue weighted by molar-refractivity contribution is -0.129. The quantitative estimate of drug-likeness (QED) is 0.618. The number of rotatable bonds is 1. The minimum Gasteiger partial charge on any atom is -0.349 e. The van der Waals surface area contributed by atoms with Crippen molar-refractivity contribution in [2.24, 2.45) is 5.41 Å². The Balaban J connectivity index is 2.44. The maximum Gasteiger partial charge on any atom is 0.225 e. The molecule has 0 spiro atoms. The second kappa shape index (κ2) is 3.95. The zero-order chi connectivity index (χ0) is 9.90. The molecule has 0 aromatic carbocycles. The van der Waals surface area contributed by atoms with Crippen molar-refractivity contribution < 1.29 is 4.79 Å². The molecule has 0 aromatic rings. The van der Waals surface area contributed by atoms with E-state index in [1.165, 1.54) is 6.42 Å². The van der Waals surface area contributed by atoms with Crippen LogP contribution in [-0.4, -0.2) is 11.9 Å². The molecule has 1 N–H and O–H groups in total. The molecule has 1 rings (SSSR count). The number of carbonyl (C=O) groups is 1. The molecule has 13 heavy (non-hydrogen) atoms. The number of allylic oxidation sites excluding steroid dienone is 1. The van der Waals surface area contributed by atoms with Crippen LogP contribution in [0.5, 0.6) is 0 Å². The topological polar surface area (TPSA) is 29.1 Å². The van der Waals surface area contributed by atoms with Crippen molar-refractivity contribution in [1.29, 1.82) is 0 Å². The molecule has 0 heterocycles. The summed E-state index contributed by atoms with van der Waals surface area (Å²) < 4.78 is 0. The van der Waals surface area contributed by atoms with Crippen molar-refractivity contribution in [2.75, 3.05) is 0 Å². The fraction of sp³-hybridized carbons (Fsp3) is 0.727. The molecule has 0 aromatic heterocycles. The van der Waals surface area contributed by atoms with Gasteiger partial charge in [0.1, 0.15) is 0 Å². The summed E-state index contributed by atoms with van der Waals surface area (Å²) in [5.74, 6) is 0.143. The predicted octanol–water partition coefficient (Wildman–Crippen LogP) is 2.26. The summed E-state index contributed by atoms with van der Waals surface area (Å²) in [6, 6.07) is 0.264. The van der Waals surface area contributed by atoms with Crippen LogP contribution in [-0.2, 0) is 4.79 Å². The first-order chi connectivity index (χ1) is 6.00. The van der Waals surface area contributed by atoms with Crippen LogP contribution in [0.1, 0.15) is 40.0 Å². The van der Waals surface area contributed by atoms with Crippen molar-refractivity contribution >= 4 is 5.91 Å². The minimum atomic E-state index is -0.273. The van der Waals surface area contributed by atoms with Gasteiger partial charge in [-0.3, -0.25) is 4.79 Å². The van der Waals surface area contributed by atoms with Crippen LogP contribution in [0.2, 0.25) is 0 Å². The summed E-state index contributed by atoms with van der Waals surface area (Å²) >= 11 is 0. The second-order valence-corrected chi connectivity index (χ2v) is 4.69. The van der Waals surface area contributed by atoms with Gasteiger partial charge in [0.25, 0.3) is 0 Å². The van der Waals surface area contributed by atoms with E-state index in [-0.39, 0.29) is 17.4 Å². The SMILES string of the molecule is CC(C)(C)C(=O)NC1C=CCCC1. The summed E-state index contributed by atoms with van der Waals surface area (Å²) in [5.41, 5.74) is -0.273. The van der Waals surface area contributed by atoms with Gasteiger partial charge in [-0.25, -0.2) is 0 Å². The molecule has 0 saturated heterocycles. The third-order valence-corrected chi connectivity index (χ3v) is 2.25. The van der Waals surface area contributed by atoms with Gasteiger partial charge in [-0.05, 0) is 19.3 Å². The smallest absolute Gasteiger partial charge is 0.225 e. The monoisotopic (exact) mass is 181 g/mol. The molecule has 0 radical (unpaired) electrons. The van der Waals surface area contributed by atoms with E-state index in [2.05, 4.69) is 17.5 Å². The number of hydrogen-bond donors (Lipinski definition) is 1. The first-order valence-electron chi connectivity index (χ1n) is 4.98. The Bertz CT molecular complexity index is 213. The number of carbonyl (C=O) groups excluding carboxylic acids is 1. The molecule has 0 bridgehead atoms. The standard InChI is InChI=1S/C11H19NO/c1-11(2,3)10(13)12-9-7-5-4-6-8-9/h5,7,9H,4,6,8H2,1-3H3,(H,12,13). The molecule has 2 nitrogen and oxygen atoms in total. The van der Waals surface area contributed by atoms with Gasteiger partial charge in [0, 0.05) is 11.5 Å². The largest absolute Gasteiger partial charge is 0.349 e. The first-order valence-corrected chi connectivity index (χ1v) is 4.98. The van der Waals surface area contributed by atoms with E-state index in [1.54, 1.807) is 0 Å². The molecule has 74 valence electrons. The van der Waals surface area contributed by atoms with Crippen molar-refractivity contribution in [3.63, 3.8) is 0 Å². The van der Waals surface area contributed by atoms with Gasteiger partial charge in [-0.1, -0.05) is 32.9 Å². The van der Waals surface area contributed by atoms with E-state index in [0.717, 1.165) is 12.8 Å². The molecule has 0 fully saturated rings. The Hall–Kier alpha value is -0.790. The van der Waals surface area contributed by atoms with E-state index < -0.39 is 0 Å². The fourth-order valence-corrected chi connectivity index (χ4v) is 1.32. The van der Waals surface area contributed by atoms with Gasteiger partial charge >= 0.3 is 0 Å². The Kier molecular flexibility index (Phi) is 3.12. The van der Waals surface area contributed by atoms with Crippen molar-refractivity contribution in [3.05, 3.63) is 12.2 Å². The maximum absolute atomic E-state index is 11.6. The highest BCUT2D eigenvalue weighted by Crippen LogP contribution is 2.16. The Labute approximate surface area is 80.4 Å². The van der Waals surface area contributed by atoms with Crippen LogP contribution in [0.3, 0.4) is 0 Å². The number of hydrogen-bond acceptors (Lipinski definition) is 1. The lowest BCUT2D eigenvalue weighted by Crippen LogP contribution is -2.41. The van der Waals surface area contributed by atoms with Crippen LogP contribution in [0.15, 0.2) is 12.2 Å². The molecule has 1 amide bonds. The van der Waals surface area contributed by atoms with E-state index in [4.69, 9.17) is 0 Å². The number of nitrogens with one attached hydrogen (secondary N) is 1. The van der Waals surface area contributed by atoms with Crippen molar-refractivity contribution in [2.45, 2.75) is 46.1 Å². The van der Waals surface area contributed by atoms with Crippen LogP contribution in [0, 0.1) is 5.41 Å². The van der Waals surface area contributed by atoms with Gasteiger partial charge in [0.2, 0.25) is 5.91 Å². The van der Waals surface area contributed by atoms with Crippen LogP contribution >= 0.6 is 0 Å².